The van der Waals surface area contributed by atoms with Crippen molar-refractivity contribution in [3.63, 3.8) is 0 Å². The molecule has 0 aliphatic rings. The van der Waals surface area contributed by atoms with Crippen molar-refractivity contribution in [3.05, 3.63) is 22.8 Å². The van der Waals surface area contributed by atoms with E-state index in [1.807, 2.05) is 0 Å². The van der Waals surface area contributed by atoms with Gasteiger partial charge in [0.15, 0.2) is 0 Å². The Balaban J connectivity index is 3.53. The van der Waals surface area contributed by atoms with Crippen LogP contribution in [-0.2, 0) is 0 Å². The van der Waals surface area contributed by atoms with Gasteiger partial charge in [0.1, 0.15) is 0 Å². The second-order valence-electron chi connectivity index (χ2n) is 1.78. The largest absolute Gasteiger partial charge is 0.296 e. The molecule has 0 spiro atoms. The van der Waals surface area contributed by atoms with Gasteiger partial charge >= 0.3 is 0 Å². The Bertz CT molecular complexity index is 133. The summed E-state index contributed by atoms with van der Waals surface area (Å²) >= 11 is 0. The Labute approximate surface area is 55.3 Å². The van der Waals surface area contributed by atoms with Crippen molar-refractivity contribution in [2.45, 2.75) is 26.2 Å². The van der Waals surface area contributed by atoms with Gasteiger partial charge in [0.05, 0.1) is 0 Å². The molecule has 2 atom stereocenters. The first-order valence-corrected chi connectivity index (χ1v) is 2.70. The molecule has 0 aromatic carbocycles. The van der Waals surface area contributed by atoms with E-state index in [0.717, 1.165) is 0 Å². The lowest BCUT2D eigenvalue weighted by atomic mass is 10.5. The number of nitrogens with one attached hydrogen (secondary N) is 1. The lowest BCUT2D eigenvalue weighted by Crippen LogP contribution is -2.29. The molecule has 0 aromatic heterocycles. The number of nitrogens with zero attached hydrogens (tertiary/aromatic N) is 2. The fourth-order valence-corrected chi connectivity index (χ4v) is 0.424. The average Bonchev–Trinajstić information content (AvgIpc) is 1.87. The molecule has 0 radical (unpaired) electrons. The molecule has 0 saturated heterocycles. The maximum Gasteiger partial charge on any atom is 0.280 e. The highest BCUT2D eigenvalue weighted by atomic mass is 15.1. The van der Waals surface area contributed by atoms with E-state index in [9.17, 15) is 0 Å². The van der Waals surface area contributed by atoms with Crippen LogP contribution in [0.2, 0.25) is 0 Å². The molecule has 0 aliphatic carbocycles. The Morgan fingerprint density at radius 1 is 1.11 bits per heavy atom. The zero-order valence-electron chi connectivity index (χ0n) is 5.55. The standard InChI is InChI=1S/C6H9N3/c1-5(7-3)9-6(2)8-4/h5-6,9H,1-2H3. The molecular weight excluding hydrogens is 114 g/mol. The van der Waals surface area contributed by atoms with Crippen molar-refractivity contribution in [3.8, 4) is 0 Å². The molecular formula is C6H9N3. The highest BCUT2D eigenvalue weighted by Gasteiger charge is 2.10. The molecule has 9 heavy (non-hydrogen) atoms. The summed E-state index contributed by atoms with van der Waals surface area (Å²) < 4.78 is 0. The van der Waals surface area contributed by atoms with Crippen molar-refractivity contribution in [2.75, 3.05) is 0 Å². The van der Waals surface area contributed by atoms with Gasteiger partial charge in [0.25, 0.3) is 12.3 Å². The molecule has 0 saturated carbocycles. The summed E-state index contributed by atoms with van der Waals surface area (Å²) in [6.07, 6.45) is -0.483. The Kier molecular flexibility index (Phi) is 3.43. The molecule has 1 N–H and O–H groups in total. The van der Waals surface area contributed by atoms with Gasteiger partial charge in [0.2, 0.25) is 0 Å². The zero-order chi connectivity index (χ0) is 7.28. The average molecular weight is 123 g/mol. The summed E-state index contributed by atoms with van der Waals surface area (Å²) in [5.41, 5.74) is 0. The highest BCUT2D eigenvalue weighted by Crippen LogP contribution is 1.87. The van der Waals surface area contributed by atoms with Gasteiger partial charge in [-0.25, -0.2) is 13.1 Å². The van der Waals surface area contributed by atoms with Gasteiger partial charge in [-0.15, -0.1) is 0 Å². The maximum absolute atomic E-state index is 6.54. The molecule has 0 amide bonds. The Hall–Kier alpha value is -1.06. The van der Waals surface area contributed by atoms with Crippen LogP contribution in [0, 0.1) is 13.1 Å². The predicted octanol–water partition coefficient (Wildman–Crippen LogP) is 1.11. The summed E-state index contributed by atoms with van der Waals surface area (Å²) in [6, 6.07) is 0. The first kappa shape index (κ1) is 7.94. The second kappa shape index (κ2) is 3.88. The van der Waals surface area contributed by atoms with E-state index in [0.29, 0.717) is 0 Å². The molecule has 3 heteroatoms. The number of hydrogen-bond donors (Lipinski definition) is 1. The number of rotatable bonds is 2. The van der Waals surface area contributed by atoms with Gasteiger partial charge in [-0.3, -0.25) is 9.69 Å². The van der Waals surface area contributed by atoms with Gasteiger partial charge in [-0.1, -0.05) is 0 Å². The fraction of sp³-hybridized carbons (Fsp3) is 0.667. The quantitative estimate of drug-likeness (QED) is 0.545. The van der Waals surface area contributed by atoms with Crippen molar-refractivity contribution >= 4 is 0 Å². The van der Waals surface area contributed by atoms with E-state index in [-0.39, 0.29) is 12.3 Å². The molecule has 0 heterocycles. The van der Waals surface area contributed by atoms with Crippen molar-refractivity contribution in [1.29, 1.82) is 0 Å². The molecule has 0 bridgehead atoms. The molecule has 48 valence electrons. The van der Waals surface area contributed by atoms with Crippen LogP contribution >= 0.6 is 0 Å². The third kappa shape index (κ3) is 3.52. The van der Waals surface area contributed by atoms with Crippen LogP contribution in [0.1, 0.15) is 13.8 Å². The Morgan fingerprint density at radius 2 is 1.44 bits per heavy atom. The predicted molar refractivity (Wildman–Crippen MR) is 35.3 cm³/mol. The third-order valence-electron chi connectivity index (χ3n) is 0.870. The van der Waals surface area contributed by atoms with Crippen LogP contribution in [0.5, 0.6) is 0 Å². The van der Waals surface area contributed by atoms with Crippen LogP contribution in [0.4, 0.5) is 0 Å². The van der Waals surface area contributed by atoms with Gasteiger partial charge in [-0.05, 0) is 0 Å². The minimum atomic E-state index is -0.242. The molecule has 0 aromatic rings. The van der Waals surface area contributed by atoms with Crippen molar-refractivity contribution in [2.24, 2.45) is 0 Å². The Morgan fingerprint density at radius 3 is 1.67 bits per heavy atom. The van der Waals surface area contributed by atoms with E-state index in [2.05, 4.69) is 15.0 Å². The minimum absolute atomic E-state index is 0.242. The maximum atomic E-state index is 6.54. The van der Waals surface area contributed by atoms with E-state index in [1.165, 1.54) is 0 Å². The SMILES string of the molecule is [C-]#[N+]C(C)NC(C)[N+]#[C-]. The van der Waals surface area contributed by atoms with Crippen LogP contribution in [0.3, 0.4) is 0 Å². The third-order valence-corrected chi connectivity index (χ3v) is 0.870. The summed E-state index contributed by atoms with van der Waals surface area (Å²) in [4.78, 5) is 6.34. The van der Waals surface area contributed by atoms with Crippen LogP contribution in [-0.4, -0.2) is 12.3 Å². The van der Waals surface area contributed by atoms with Crippen molar-refractivity contribution in [1.82, 2.24) is 5.32 Å². The van der Waals surface area contributed by atoms with E-state index >= 15 is 0 Å². The summed E-state index contributed by atoms with van der Waals surface area (Å²) in [6.45, 7) is 16.5. The van der Waals surface area contributed by atoms with Gasteiger partial charge in [-0.2, -0.15) is 5.32 Å². The highest BCUT2D eigenvalue weighted by molar-refractivity contribution is 4.78. The van der Waals surface area contributed by atoms with Gasteiger partial charge < -0.3 is 0 Å². The lowest BCUT2D eigenvalue weighted by Gasteiger charge is -1.99. The van der Waals surface area contributed by atoms with E-state index < -0.39 is 0 Å². The van der Waals surface area contributed by atoms with Crippen LogP contribution in [0.15, 0.2) is 0 Å². The molecule has 0 aliphatic heterocycles. The zero-order valence-corrected chi connectivity index (χ0v) is 5.55. The first-order chi connectivity index (χ1) is 4.20. The van der Waals surface area contributed by atoms with Gasteiger partial charge in [0, 0.05) is 13.8 Å². The first-order valence-electron chi connectivity index (χ1n) is 2.70. The van der Waals surface area contributed by atoms with Crippen molar-refractivity contribution < 1.29 is 0 Å². The monoisotopic (exact) mass is 123 g/mol. The smallest absolute Gasteiger partial charge is 0.280 e. The summed E-state index contributed by atoms with van der Waals surface area (Å²) in [7, 11) is 0. The van der Waals surface area contributed by atoms with E-state index in [1.54, 1.807) is 13.8 Å². The number of hydrogen-bond acceptors (Lipinski definition) is 1. The minimum Gasteiger partial charge on any atom is -0.296 e. The summed E-state index contributed by atoms with van der Waals surface area (Å²) in [5.74, 6) is 0. The molecule has 2 unspecified atom stereocenters. The lowest BCUT2D eigenvalue weighted by molar-refractivity contribution is 0.581. The van der Waals surface area contributed by atoms with E-state index in [4.69, 9.17) is 13.1 Å². The molecule has 0 rings (SSSR count). The molecule has 3 nitrogen and oxygen atoms in total. The topological polar surface area (TPSA) is 20.8 Å². The second-order valence-corrected chi connectivity index (χ2v) is 1.78. The van der Waals surface area contributed by atoms with Crippen LogP contribution in [0.25, 0.3) is 9.69 Å². The summed E-state index contributed by atoms with van der Waals surface area (Å²) in [5, 5.41) is 2.77. The normalized spacial score (nSPS) is 15.1. The van der Waals surface area contributed by atoms with Crippen LogP contribution < -0.4 is 5.32 Å². The molecule has 0 fully saturated rings. The fourth-order valence-electron chi connectivity index (χ4n) is 0.424.